The van der Waals surface area contributed by atoms with E-state index < -0.39 is 0 Å². The van der Waals surface area contributed by atoms with Gasteiger partial charge < -0.3 is 9.30 Å². The highest BCUT2D eigenvalue weighted by atomic mass is 32.2. The van der Waals surface area contributed by atoms with Crippen molar-refractivity contribution in [3.63, 3.8) is 0 Å². The third kappa shape index (κ3) is 4.64. The van der Waals surface area contributed by atoms with Crippen LogP contribution in [-0.2, 0) is 9.53 Å². The molecule has 1 aromatic heterocycles. The highest BCUT2D eigenvalue weighted by Crippen LogP contribution is 2.36. The van der Waals surface area contributed by atoms with Crippen molar-refractivity contribution in [2.24, 2.45) is 5.92 Å². The Labute approximate surface area is 199 Å². The molecule has 0 radical (unpaired) electrons. The van der Waals surface area contributed by atoms with Crippen LogP contribution in [0.4, 0.5) is 4.79 Å². The molecule has 1 aromatic carbocycles. The smallest absolute Gasteiger partial charge is 0.337 e. The Balaban J connectivity index is 1.63. The first-order valence-corrected chi connectivity index (χ1v) is 12.3. The van der Waals surface area contributed by atoms with Crippen LogP contribution < -0.4 is 0 Å². The van der Waals surface area contributed by atoms with Crippen LogP contribution in [0.1, 0.15) is 65.0 Å². The monoisotopic (exact) mass is 466 g/mol. The van der Waals surface area contributed by atoms with Gasteiger partial charge in [-0.3, -0.25) is 14.5 Å². The van der Waals surface area contributed by atoms with E-state index in [1.165, 1.54) is 31.3 Å². The maximum absolute atomic E-state index is 13.0. The van der Waals surface area contributed by atoms with Crippen molar-refractivity contribution in [3.8, 4) is 5.69 Å². The third-order valence-electron chi connectivity index (χ3n) is 6.67. The number of carbonyl (C=O) groups excluding carboxylic acids is 3. The number of thioether (sulfide) groups is 1. The standard InChI is InChI=1S/C26H30N2O4S/c1-16-10-11-20(25(30)32-4)13-22(16)28-17(2)12-21(18(28)3)14-23-24(29)27(26(31)33-23)15-19-8-6-5-7-9-19/h10-14,19H,5-9,15H2,1-4H3/b23-14+. The van der Waals surface area contributed by atoms with Gasteiger partial charge >= 0.3 is 5.97 Å². The third-order valence-corrected chi connectivity index (χ3v) is 7.57. The van der Waals surface area contributed by atoms with Gasteiger partial charge in [0, 0.05) is 23.6 Å². The van der Waals surface area contributed by atoms with Crippen LogP contribution in [0.15, 0.2) is 29.2 Å². The van der Waals surface area contributed by atoms with E-state index >= 15 is 0 Å². The zero-order valence-electron chi connectivity index (χ0n) is 19.6. The molecule has 2 aromatic rings. The first kappa shape index (κ1) is 23.4. The summed E-state index contributed by atoms with van der Waals surface area (Å²) in [6.45, 7) is 6.49. The summed E-state index contributed by atoms with van der Waals surface area (Å²) in [4.78, 5) is 39.6. The Morgan fingerprint density at radius 2 is 1.85 bits per heavy atom. The number of hydrogen-bond donors (Lipinski definition) is 0. The number of rotatable bonds is 5. The van der Waals surface area contributed by atoms with Gasteiger partial charge in [0.05, 0.1) is 17.6 Å². The Morgan fingerprint density at radius 3 is 2.55 bits per heavy atom. The highest BCUT2D eigenvalue weighted by Gasteiger charge is 2.36. The predicted octanol–water partition coefficient (Wildman–Crippen LogP) is 5.81. The number of nitrogens with zero attached hydrogens (tertiary/aromatic N) is 2. The molecule has 0 N–H and O–H groups in total. The second kappa shape index (κ2) is 9.59. The molecule has 2 aliphatic rings. The molecule has 174 valence electrons. The molecule has 1 aliphatic heterocycles. The van der Waals surface area contributed by atoms with Crippen LogP contribution in [0, 0.1) is 26.7 Å². The minimum atomic E-state index is -0.384. The first-order valence-electron chi connectivity index (χ1n) is 11.4. The summed E-state index contributed by atoms with van der Waals surface area (Å²) in [5.41, 5.74) is 5.19. The van der Waals surface area contributed by atoms with Gasteiger partial charge in [0.25, 0.3) is 11.1 Å². The normalized spacial score (nSPS) is 18.4. The minimum absolute atomic E-state index is 0.174. The topological polar surface area (TPSA) is 68.6 Å². The van der Waals surface area contributed by atoms with Crippen LogP contribution in [0.5, 0.6) is 0 Å². The van der Waals surface area contributed by atoms with E-state index in [0.29, 0.717) is 22.9 Å². The van der Waals surface area contributed by atoms with Crippen LogP contribution in [-0.4, -0.2) is 40.2 Å². The SMILES string of the molecule is COC(=O)c1ccc(C)c(-n2c(C)cc(/C=C3/SC(=O)N(CC4CCCCC4)C3=O)c2C)c1. The van der Waals surface area contributed by atoms with E-state index in [0.717, 1.165) is 52.8 Å². The van der Waals surface area contributed by atoms with Gasteiger partial charge in [0.15, 0.2) is 0 Å². The van der Waals surface area contributed by atoms with Crippen molar-refractivity contribution in [2.75, 3.05) is 13.7 Å². The van der Waals surface area contributed by atoms with E-state index in [9.17, 15) is 14.4 Å². The summed E-state index contributed by atoms with van der Waals surface area (Å²) in [6, 6.07) is 7.48. The van der Waals surface area contributed by atoms with E-state index in [1.54, 1.807) is 6.07 Å². The molecule has 0 spiro atoms. The average molecular weight is 467 g/mol. The zero-order valence-corrected chi connectivity index (χ0v) is 20.5. The van der Waals surface area contributed by atoms with Crippen molar-refractivity contribution < 1.29 is 19.1 Å². The lowest BCUT2D eigenvalue weighted by Crippen LogP contribution is -2.34. The number of imide groups is 1. The minimum Gasteiger partial charge on any atom is -0.465 e. The molecule has 1 aliphatic carbocycles. The highest BCUT2D eigenvalue weighted by molar-refractivity contribution is 8.18. The average Bonchev–Trinajstić information content (AvgIpc) is 3.23. The number of esters is 1. The maximum Gasteiger partial charge on any atom is 0.337 e. The molecule has 2 amide bonds. The summed E-state index contributed by atoms with van der Waals surface area (Å²) < 4.78 is 6.94. The Hall–Kier alpha value is -2.80. The number of methoxy groups -OCH3 is 1. The zero-order chi connectivity index (χ0) is 23.7. The van der Waals surface area contributed by atoms with Crippen LogP contribution in [0.3, 0.4) is 0 Å². The fraction of sp³-hybridized carbons (Fsp3) is 0.423. The predicted molar refractivity (Wildman–Crippen MR) is 131 cm³/mol. The Morgan fingerprint density at radius 1 is 1.12 bits per heavy atom. The molecule has 4 rings (SSSR count). The number of benzene rings is 1. The number of hydrogen-bond acceptors (Lipinski definition) is 5. The number of ether oxygens (including phenoxy) is 1. The van der Waals surface area contributed by atoms with Crippen LogP contribution in [0.25, 0.3) is 11.8 Å². The second-order valence-electron chi connectivity index (χ2n) is 8.95. The molecule has 33 heavy (non-hydrogen) atoms. The van der Waals surface area contributed by atoms with Crippen LogP contribution in [0.2, 0.25) is 0 Å². The summed E-state index contributed by atoms with van der Waals surface area (Å²) in [6.07, 6.45) is 7.61. The fourth-order valence-corrected chi connectivity index (χ4v) is 5.67. The lowest BCUT2D eigenvalue weighted by molar-refractivity contribution is -0.123. The summed E-state index contributed by atoms with van der Waals surface area (Å²) in [7, 11) is 1.37. The second-order valence-corrected chi connectivity index (χ2v) is 9.94. The summed E-state index contributed by atoms with van der Waals surface area (Å²) in [5.74, 6) is -0.156. The first-order chi connectivity index (χ1) is 15.8. The van der Waals surface area contributed by atoms with Crippen molar-refractivity contribution in [1.29, 1.82) is 0 Å². The summed E-state index contributed by atoms with van der Waals surface area (Å²) in [5, 5.41) is -0.174. The molecule has 1 saturated heterocycles. The van der Waals surface area contributed by atoms with Gasteiger partial charge in [-0.25, -0.2) is 4.79 Å². The molecular formula is C26H30N2O4S. The number of aryl methyl sites for hydroxylation is 2. The van der Waals surface area contributed by atoms with Gasteiger partial charge in [-0.15, -0.1) is 0 Å². The van der Waals surface area contributed by atoms with Gasteiger partial charge in [-0.2, -0.15) is 0 Å². The van der Waals surface area contributed by atoms with E-state index in [4.69, 9.17) is 4.74 Å². The molecular weight excluding hydrogens is 436 g/mol. The van der Waals surface area contributed by atoms with Gasteiger partial charge in [-0.05, 0) is 86.7 Å². The van der Waals surface area contributed by atoms with Crippen molar-refractivity contribution in [1.82, 2.24) is 9.47 Å². The molecule has 0 bridgehead atoms. The molecule has 0 atom stereocenters. The molecule has 6 nitrogen and oxygen atoms in total. The van der Waals surface area contributed by atoms with E-state index in [2.05, 4.69) is 4.57 Å². The van der Waals surface area contributed by atoms with Gasteiger partial charge in [-0.1, -0.05) is 25.3 Å². The number of amides is 2. The van der Waals surface area contributed by atoms with Gasteiger partial charge in [0.1, 0.15) is 0 Å². The largest absolute Gasteiger partial charge is 0.465 e. The van der Waals surface area contributed by atoms with E-state index in [-0.39, 0.29) is 17.1 Å². The molecule has 0 unspecified atom stereocenters. The maximum atomic E-state index is 13.0. The Bertz CT molecular complexity index is 1140. The number of aromatic nitrogens is 1. The van der Waals surface area contributed by atoms with Crippen molar-refractivity contribution in [2.45, 2.75) is 52.9 Å². The lowest BCUT2D eigenvalue weighted by atomic mass is 9.89. The number of carbonyl (C=O) groups is 3. The van der Waals surface area contributed by atoms with Crippen molar-refractivity contribution >= 4 is 35.0 Å². The van der Waals surface area contributed by atoms with Crippen molar-refractivity contribution in [3.05, 3.63) is 57.2 Å². The summed E-state index contributed by atoms with van der Waals surface area (Å²) >= 11 is 1.03. The quantitative estimate of drug-likeness (QED) is 0.411. The van der Waals surface area contributed by atoms with Crippen LogP contribution >= 0.6 is 11.8 Å². The molecule has 2 heterocycles. The van der Waals surface area contributed by atoms with Gasteiger partial charge in [0.2, 0.25) is 0 Å². The Kier molecular flexibility index (Phi) is 6.79. The lowest BCUT2D eigenvalue weighted by Gasteiger charge is -2.25. The molecule has 2 fully saturated rings. The van der Waals surface area contributed by atoms with E-state index in [1.807, 2.05) is 45.0 Å². The molecule has 7 heteroatoms. The fourth-order valence-electron chi connectivity index (χ4n) is 4.83. The molecule has 1 saturated carbocycles.